The predicted octanol–water partition coefficient (Wildman–Crippen LogP) is 3.19. The van der Waals surface area contributed by atoms with Crippen LogP contribution in [-0.2, 0) is 0 Å². The van der Waals surface area contributed by atoms with E-state index in [1.807, 2.05) is 61.2 Å². The summed E-state index contributed by atoms with van der Waals surface area (Å²) in [4.78, 5) is 29.8. The minimum absolute atomic E-state index is 0.0835. The number of hydrogen-bond acceptors (Lipinski definition) is 6. The first-order valence-corrected chi connectivity index (χ1v) is 9.71. The van der Waals surface area contributed by atoms with Crippen molar-refractivity contribution in [3.8, 4) is 0 Å². The third-order valence-electron chi connectivity index (χ3n) is 5.01. The molecule has 4 rings (SSSR count). The summed E-state index contributed by atoms with van der Waals surface area (Å²) in [6, 6.07) is 13.6. The number of piperazine rings is 1. The molecule has 7 nitrogen and oxygen atoms in total. The van der Waals surface area contributed by atoms with Crippen molar-refractivity contribution in [2.75, 3.05) is 36.4 Å². The summed E-state index contributed by atoms with van der Waals surface area (Å²) in [5, 5.41) is 3.22. The lowest BCUT2D eigenvalue weighted by Gasteiger charge is -2.35. The zero-order valence-corrected chi connectivity index (χ0v) is 16.7. The molecule has 1 aromatic carbocycles. The quantitative estimate of drug-likeness (QED) is 0.740. The SMILES string of the molecule is Cc1ccc(C(=O)N2CCN(c3cc(Nc4cc(C)ccn4)ncn3)CC2)cc1. The van der Waals surface area contributed by atoms with Gasteiger partial charge in [0.05, 0.1) is 0 Å². The number of aromatic nitrogens is 3. The maximum atomic E-state index is 12.7. The molecule has 148 valence electrons. The molecule has 0 bridgehead atoms. The molecule has 0 spiro atoms. The molecule has 1 aliphatic heterocycles. The monoisotopic (exact) mass is 388 g/mol. The topological polar surface area (TPSA) is 74.2 Å². The molecule has 3 aromatic rings. The lowest BCUT2D eigenvalue weighted by Crippen LogP contribution is -2.49. The first-order valence-electron chi connectivity index (χ1n) is 9.71. The van der Waals surface area contributed by atoms with Gasteiger partial charge in [-0.1, -0.05) is 17.7 Å². The number of hydrogen-bond donors (Lipinski definition) is 1. The van der Waals surface area contributed by atoms with E-state index in [-0.39, 0.29) is 5.91 Å². The molecule has 0 radical (unpaired) electrons. The van der Waals surface area contributed by atoms with E-state index in [1.54, 1.807) is 12.5 Å². The molecule has 7 heteroatoms. The fourth-order valence-electron chi connectivity index (χ4n) is 3.34. The van der Waals surface area contributed by atoms with Gasteiger partial charge in [0, 0.05) is 44.0 Å². The molecule has 0 atom stereocenters. The molecule has 0 unspecified atom stereocenters. The Balaban J connectivity index is 1.39. The van der Waals surface area contributed by atoms with Crippen LogP contribution < -0.4 is 10.2 Å². The molecule has 1 fully saturated rings. The fourth-order valence-corrected chi connectivity index (χ4v) is 3.34. The Kier molecular flexibility index (Phi) is 5.37. The summed E-state index contributed by atoms with van der Waals surface area (Å²) in [7, 11) is 0. The minimum atomic E-state index is 0.0835. The molecule has 3 heterocycles. The maximum Gasteiger partial charge on any atom is 0.253 e. The molecule has 0 saturated carbocycles. The van der Waals surface area contributed by atoms with E-state index in [0.717, 1.165) is 41.4 Å². The normalized spacial score (nSPS) is 14.0. The van der Waals surface area contributed by atoms with Gasteiger partial charge in [-0.3, -0.25) is 4.79 Å². The van der Waals surface area contributed by atoms with Crippen LogP contribution in [0.5, 0.6) is 0 Å². The van der Waals surface area contributed by atoms with Crippen LogP contribution in [-0.4, -0.2) is 51.9 Å². The largest absolute Gasteiger partial charge is 0.353 e. The van der Waals surface area contributed by atoms with Crippen LogP contribution in [0.25, 0.3) is 0 Å². The van der Waals surface area contributed by atoms with Crippen molar-refractivity contribution >= 4 is 23.4 Å². The molecule has 0 aliphatic carbocycles. The Morgan fingerprint density at radius 3 is 2.31 bits per heavy atom. The van der Waals surface area contributed by atoms with Gasteiger partial charge in [0.15, 0.2) is 0 Å². The van der Waals surface area contributed by atoms with Gasteiger partial charge in [0.2, 0.25) is 0 Å². The van der Waals surface area contributed by atoms with Crippen molar-refractivity contribution in [3.05, 3.63) is 71.7 Å². The van der Waals surface area contributed by atoms with E-state index in [4.69, 9.17) is 0 Å². The van der Waals surface area contributed by atoms with Crippen molar-refractivity contribution in [2.24, 2.45) is 0 Å². The number of carbonyl (C=O) groups excluding carboxylic acids is 1. The average Bonchev–Trinajstić information content (AvgIpc) is 2.74. The number of nitrogens with zero attached hydrogens (tertiary/aromatic N) is 5. The number of nitrogens with one attached hydrogen (secondary N) is 1. The van der Waals surface area contributed by atoms with E-state index in [0.29, 0.717) is 18.9 Å². The van der Waals surface area contributed by atoms with E-state index in [1.165, 1.54) is 0 Å². The summed E-state index contributed by atoms with van der Waals surface area (Å²) in [5.74, 6) is 2.38. The summed E-state index contributed by atoms with van der Waals surface area (Å²) in [5.41, 5.74) is 3.02. The Morgan fingerprint density at radius 2 is 1.59 bits per heavy atom. The van der Waals surface area contributed by atoms with Gasteiger partial charge in [-0.15, -0.1) is 0 Å². The highest BCUT2D eigenvalue weighted by atomic mass is 16.2. The molecule has 2 aromatic heterocycles. The van der Waals surface area contributed by atoms with E-state index < -0.39 is 0 Å². The fraction of sp³-hybridized carbons (Fsp3) is 0.273. The van der Waals surface area contributed by atoms with Crippen molar-refractivity contribution < 1.29 is 4.79 Å². The third-order valence-corrected chi connectivity index (χ3v) is 5.01. The van der Waals surface area contributed by atoms with Crippen LogP contribution in [0.3, 0.4) is 0 Å². The van der Waals surface area contributed by atoms with Crippen molar-refractivity contribution in [2.45, 2.75) is 13.8 Å². The highest BCUT2D eigenvalue weighted by Crippen LogP contribution is 2.20. The number of pyridine rings is 1. The highest BCUT2D eigenvalue weighted by molar-refractivity contribution is 5.94. The van der Waals surface area contributed by atoms with Crippen molar-refractivity contribution in [1.29, 1.82) is 0 Å². The Hall–Kier alpha value is -3.48. The number of benzene rings is 1. The number of amides is 1. The standard InChI is InChI=1S/C22H24N6O/c1-16-3-5-18(6-4-16)22(29)28-11-9-27(10-12-28)21-14-20(24-15-25-21)26-19-13-17(2)7-8-23-19/h3-8,13-15H,9-12H2,1-2H3,(H,23,24,25,26). The lowest BCUT2D eigenvalue weighted by molar-refractivity contribution is 0.0746. The Morgan fingerprint density at radius 1 is 0.862 bits per heavy atom. The zero-order chi connectivity index (χ0) is 20.2. The van der Waals surface area contributed by atoms with Crippen LogP contribution in [0.4, 0.5) is 17.5 Å². The molecule has 1 amide bonds. The first kappa shape index (κ1) is 18.9. The second-order valence-electron chi connectivity index (χ2n) is 7.25. The van der Waals surface area contributed by atoms with Gasteiger partial charge in [-0.25, -0.2) is 15.0 Å². The summed E-state index contributed by atoms with van der Waals surface area (Å²) >= 11 is 0. The second kappa shape index (κ2) is 8.26. The molecule has 29 heavy (non-hydrogen) atoms. The molecular weight excluding hydrogens is 364 g/mol. The number of aryl methyl sites for hydroxylation is 2. The summed E-state index contributed by atoms with van der Waals surface area (Å²) in [6.45, 7) is 6.84. The maximum absolute atomic E-state index is 12.7. The number of rotatable bonds is 4. The van der Waals surface area contributed by atoms with Crippen LogP contribution >= 0.6 is 0 Å². The predicted molar refractivity (Wildman–Crippen MR) is 114 cm³/mol. The minimum Gasteiger partial charge on any atom is -0.353 e. The Bertz CT molecular complexity index is 996. The van der Waals surface area contributed by atoms with Crippen LogP contribution in [0.2, 0.25) is 0 Å². The van der Waals surface area contributed by atoms with Crippen LogP contribution in [0.15, 0.2) is 55.0 Å². The molecule has 1 saturated heterocycles. The average molecular weight is 388 g/mol. The first-order chi connectivity index (χ1) is 14.1. The zero-order valence-electron chi connectivity index (χ0n) is 16.7. The number of carbonyl (C=O) groups is 1. The lowest BCUT2D eigenvalue weighted by atomic mass is 10.1. The van der Waals surface area contributed by atoms with E-state index in [2.05, 4.69) is 25.2 Å². The molecule has 1 N–H and O–H groups in total. The second-order valence-corrected chi connectivity index (χ2v) is 7.25. The van der Waals surface area contributed by atoms with E-state index >= 15 is 0 Å². The summed E-state index contributed by atoms with van der Waals surface area (Å²) < 4.78 is 0. The number of anilines is 3. The van der Waals surface area contributed by atoms with Crippen molar-refractivity contribution in [3.63, 3.8) is 0 Å². The molecular formula is C22H24N6O. The van der Waals surface area contributed by atoms with Gasteiger partial charge >= 0.3 is 0 Å². The highest BCUT2D eigenvalue weighted by Gasteiger charge is 2.23. The van der Waals surface area contributed by atoms with Crippen LogP contribution in [0, 0.1) is 13.8 Å². The summed E-state index contributed by atoms with van der Waals surface area (Å²) in [6.07, 6.45) is 3.32. The van der Waals surface area contributed by atoms with Crippen LogP contribution in [0.1, 0.15) is 21.5 Å². The van der Waals surface area contributed by atoms with Gasteiger partial charge < -0.3 is 15.1 Å². The molecule has 1 aliphatic rings. The van der Waals surface area contributed by atoms with Gasteiger partial charge in [0.25, 0.3) is 5.91 Å². The van der Waals surface area contributed by atoms with E-state index in [9.17, 15) is 4.79 Å². The van der Waals surface area contributed by atoms with Crippen molar-refractivity contribution in [1.82, 2.24) is 19.9 Å². The van der Waals surface area contributed by atoms with Gasteiger partial charge in [-0.05, 0) is 43.7 Å². The third kappa shape index (κ3) is 4.51. The smallest absolute Gasteiger partial charge is 0.253 e. The van der Waals surface area contributed by atoms with Gasteiger partial charge in [0.1, 0.15) is 23.8 Å². The Labute approximate surface area is 170 Å². The van der Waals surface area contributed by atoms with Gasteiger partial charge in [-0.2, -0.15) is 0 Å².